The first-order valence-corrected chi connectivity index (χ1v) is 9.65. The Morgan fingerprint density at radius 2 is 2.12 bits per heavy atom. The summed E-state index contributed by atoms with van der Waals surface area (Å²) in [5, 5.41) is 12.9. The molecule has 0 saturated carbocycles. The van der Waals surface area contributed by atoms with Crippen LogP contribution in [0.15, 0.2) is 63.7 Å². The lowest BCUT2D eigenvalue weighted by Crippen LogP contribution is -2.26. The number of hydrazone groups is 1. The van der Waals surface area contributed by atoms with E-state index in [2.05, 4.69) is 16.5 Å². The zero-order valence-corrected chi connectivity index (χ0v) is 14.9. The van der Waals surface area contributed by atoms with Crippen LogP contribution in [0.4, 0.5) is 0 Å². The van der Waals surface area contributed by atoms with Gasteiger partial charge in [-0.15, -0.1) is 11.3 Å². The van der Waals surface area contributed by atoms with Gasteiger partial charge in [0, 0.05) is 27.4 Å². The highest BCUT2D eigenvalue weighted by molar-refractivity contribution is 7.10. The van der Waals surface area contributed by atoms with Crippen LogP contribution >= 0.6 is 34.3 Å². The maximum absolute atomic E-state index is 13.0. The van der Waals surface area contributed by atoms with E-state index in [9.17, 15) is 4.79 Å². The van der Waals surface area contributed by atoms with Gasteiger partial charge in [-0.2, -0.15) is 16.4 Å². The molecule has 3 aromatic rings. The summed E-state index contributed by atoms with van der Waals surface area (Å²) >= 11 is 9.32. The SMILES string of the molecule is O=C(c1cccc(Cl)c1)N1N=C(c2ccsc2)CC1c1cccs1. The van der Waals surface area contributed by atoms with Crippen molar-refractivity contribution in [2.45, 2.75) is 12.5 Å². The van der Waals surface area contributed by atoms with Crippen LogP contribution in [-0.2, 0) is 0 Å². The average molecular weight is 373 g/mol. The topological polar surface area (TPSA) is 32.7 Å². The molecule has 0 N–H and O–H groups in total. The molecular formula is C18H13ClN2OS2. The minimum absolute atomic E-state index is 0.0635. The van der Waals surface area contributed by atoms with E-state index in [0.29, 0.717) is 10.6 Å². The van der Waals surface area contributed by atoms with Gasteiger partial charge in [0.15, 0.2) is 0 Å². The molecular weight excluding hydrogens is 360 g/mol. The molecule has 4 rings (SSSR count). The van der Waals surface area contributed by atoms with Gasteiger partial charge in [0.1, 0.15) is 0 Å². The number of hydrogen-bond donors (Lipinski definition) is 0. The van der Waals surface area contributed by atoms with Crippen LogP contribution in [0.3, 0.4) is 0 Å². The van der Waals surface area contributed by atoms with Crippen LogP contribution in [-0.4, -0.2) is 16.6 Å². The van der Waals surface area contributed by atoms with Crippen LogP contribution in [0.25, 0.3) is 0 Å². The largest absolute Gasteiger partial charge is 0.274 e. The summed E-state index contributed by atoms with van der Waals surface area (Å²) in [5.41, 5.74) is 2.59. The highest BCUT2D eigenvalue weighted by atomic mass is 35.5. The number of amides is 1. The molecule has 1 aliphatic heterocycles. The Balaban J connectivity index is 1.72. The van der Waals surface area contributed by atoms with Crippen LogP contribution in [0.1, 0.15) is 33.3 Å². The molecule has 3 heterocycles. The minimum atomic E-state index is -0.124. The van der Waals surface area contributed by atoms with Gasteiger partial charge in [0.05, 0.1) is 11.8 Å². The third kappa shape index (κ3) is 2.90. The molecule has 2 aromatic heterocycles. The monoisotopic (exact) mass is 372 g/mol. The van der Waals surface area contributed by atoms with Crippen molar-refractivity contribution in [2.75, 3.05) is 0 Å². The molecule has 0 bridgehead atoms. The van der Waals surface area contributed by atoms with E-state index >= 15 is 0 Å². The van der Waals surface area contributed by atoms with Gasteiger partial charge in [-0.05, 0) is 46.5 Å². The number of carbonyl (C=O) groups is 1. The second kappa shape index (κ2) is 6.51. The van der Waals surface area contributed by atoms with E-state index < -0.39 is 0 Å². The molecule has 0 fully saturated rings. The summed E-state index contributed by atoms with van der Waals surface area (Å²) in [5.74, 6) is -0.124. The number of thiophene rings is 2. The molecule has 6 heteroatoms. The third-order valence-electron chi connectivity index (χ3n) is 3.92. The molecule has 0 radical (unpaired) electrons. The molecule has 24 heavy (non-hydrogen) atoms. The van der Waals surface area contributed by atoms with E-state index in [1.165, 1.54) is 0 Å². The first-order valence-electron chi connectivity index (χ1n) is 7.45. The molecule has 1 aliphatic rings. The average Bonchev–Trinajstić information content (AvgIpc) is 3.32. The van der Waals surface area contributed by atoms with Crippen molar-refractivity contribution in [2.24, 2.45) is 5.10 Å². The quantitative estimate of drug-likeness (QED) is 0.601. The maximum atomic E-state index is 13.0. The molecule has 3 nitrogen and oxygen atoms in total. The fraction of sp³-hybridized carbons (Fsp3) is 0.111. The lowest BCUT2D eigenvalue weighted by molar-refractivity contribution is 0.0714. The van der Waals surface area contributed by atoms with Gasteiger partial charge < -0.3 is 0 Å². The van der Waals surface area contributed by atoms with Gasteiger partial charge >= 0.3 is 0 Å². The molecule has 120 valence electrons. The lowest BCUT2D eigenvalue weighted by Gasteiger charge is -2.20. The highest BCUT2D eigenvalue weighted by Crippen LogP contribution is 2.36. The van der Waals surface area contributed by atoms with E-state index in [1.807, 2.05) is 22.9 Å². The van der Waals surface area contributed by atoms with Crippen molar-refractivity contribution in [3.63, 3.8) is 0 Å². The zero-order valence-electron chi connectivity index (χ0n) is 12.6. The van der Waals surface area contributed by atoms with Crippen molar-refractivity contribution < 1.29 is 4.79 Å². The van der Waals surface area contributed by atoms with Crippen molar-refractivity contribution in [3.8, 4) is 0 Å². The normalized spacial score (nSPS) is 17.1. The number of halogens is 1. The van der Waals surface area contributed by atoms with E-state index in [-0.39, 0.29) is 11.9 Å². The summed E-state index contributed by atoms with van der Waals surface area (Å²) in [6.45, 7) is 0. The van der Waals surface area contributed by atoms with E-state index in [0.717, 1.165) is 22.6 Å². The second-order valence-electron chi connectivity index (χ2n) is 5.45. The van der Waals surface area contributed by atoms with Crippen LogP contribution in [0, 0.1) is 0 Å². The van der Waals surface area contributed by atoms with Crippen LogP contribution < -0.4 is 0 Å². The fourth-order valence-corrected chi connectivity index (χ4v) is 4.42. The van der Waals surface area contributed by atoms with Gasteiger partial charge in [0.25, 0.3) is 5.91 Å². The Labute approximate surface area is 152 Å². The lowest BCUT2D eigenvalue weighted by atomic mass is 10.1. The van der Waals surface area contributed by atoms with Gasteiger partial charge in [0.2, 0.25) is 0 Å². The van der Waals surface area contributed by atoms with Crippen molar-refractivity contribution in [3.05, 3.63) is 79.6 Å². The Morgan fingerprint density at radius 3 is 2.83 bits per heavy atom. The summed E-state index contributed by atoms with van der Waals surface area (Å²) in [4.78, 5) is 14.1. The smallest absolute Gasteiger partial charge is 0.267 e. The first kappa shape index (κ1) is 15.6. The fourth-order valence-electron chi connectivity index (χ4n) is 2.76. The number of carbonyl (C=O) groups excluding carboxylic acids is 1. The molecule has 0 saturated heterocycles. The predicted octanol–water partition coefficient (Wildman–Crippen LogP) is 5.45. The van der Waals surface area contributed by atoms with Crippen molar-refractivity contribution in [1.82, 2.24) is 5.01 Å². The van der Waals surface area contributed by atoms with Crippen molar-refractivity contribution in [1.29, 1.82) is 0 Å². The van der Waals surface area contributed by atoms with E-state index in [1.54, 1.807) is 51.9 Å². The highest BCUT2D eigenvalue weighted by Gasteiger charge is 2.34. The maximum Gasteiger partial charge on any atom is 0.274 e. The number of hydrogen-bond acceptors (Lipinski definition) is 4. The Hall–Kier alpha value is -1.95. The number of rotatable bonds is 3. The third-order valence-corrected chi connectivity index (χ3v) is 5.81. The molecule has 0 aliphatic carbocycles. The summed E-state index contributed by atoms with van der Waals surface area (Å²) in [7, 11) is 0. The second-order valence-corrected chi connectivity index (χ2v) is 7.65. The predicted molar refractivity (Wildman–Crippen MR) is 100 cm³/mol. The van der Waals surface area contributed by atoms with Gasteiger partial charge in [-0.25, -0.2) is 5.01 Å². The van der Waals surface area contributed by atoms with E-state index in [4.69, 9.17) is 11.6 Å². The summed E-state index contributed by atoms with van der Waals surface area (Å²) in [6.07, 6.45) is 0.726. The first-order chi connectivity index (χ1) is 11.7. The number of benzene rings is 1. The Kier molecular flexibility index (Phi) is 4.22. The number of nitrogens with zero attached hydrogens (tertiary/aromatic N) is 2. The van der Waals surface area contributed by atoms with Crippen molar-refractivity contribution >= 4 is 45.9 Å². The molecule has 1 unspecified atom stereocenters. The molecule has 0 spiro atoms. The molecule has 1 aromatic carbocycles. The van der Waals surface area contributed by atoms with Gasteiger partial charge in [-0.3, -0.25) is 4.79 Å². The summed E-state index contributed by atoms with van der Waals surface area (Å²) in [6, 6.07) is 13.1. The van der Waals surface area contributed by atoms with Crippen LogP contribution in [0.5, 0.6) is 0 Å². The zero-order chi connectivity index (χ0) is 16.5. The molecule has 1 atom stereocenters. The summed E-state index contributed by atoms with van der Waals surface area (Å²) < 4.78 is 0. The minimum Gasteiger partial charge on any atom is -0.267 e. The van der Waals surface area contributed by atoms with Crippen LogP contribution in [0.2, 0.25) is 5.02 Å². The Bertz CT molecular complexity index is 888. The Morgan fingerprint density at radius 1 is 1.21 bits per heavy atom. The standard InChI is InChI=1S/C18H13ClN2OS2/c19-14-4-1-3-12(9-14)18(22)21-16(17-5-2-7-24-17)10-15(20-21)13-6-8-23-11-13/h1-9,11,16H,10H2. The van der Waals surface area contributed by atoms with Gasteiger partial charge in [-0.1, -0.05) is 23.7 Å². The molecule has 1 amide bonds.